The molecule has 0 bridgehead atoms. The summed E-state index contributed by atoms with van der Waals surface area (Å²) in [5.74, 6) is -0.0782. The SMILES string of the molecule is Cc1ccc(NC(=O)Cc2ccc(Cl)cc2)cc1N. The van der Waals surface area contributed by atoms with Crippen LogP contribution in [-0.2, 0) is 11.2 Å². The zero-order valence-corrected chi connectivity index (χ0v) is 11.4. The predicted octanol–water partition coefficient (Wildman–Crippen LogP) is 3.41. The number of nitrogen functional groups attached to an aromatic ring is 1. The van der Waals surface area contributed by atoms with Crippen molar-refractivity contribution >= 4 is 28.9 Å². The molecule has 0 aliphatic carbocycles. The molecule has 2 rings (SSSR count). The summed E-state index contributed by atoms with van der Waals surface area (Å²) in [6.07, 6.45) is 0.310. The van der Waals surface area contributed by atoms with Crippen LogP contribution in [-0.4, -0.2) is 5.91 Å². The first-order valence-electron chi connectivity index (χ1n) is 5.95. The normalized spacial score (nSPS) is 10.2. The molecule has 1 amide bonds. The molecule has 0 saturated heterocycles. The molecule has 2 aromatic carbocycles. The molecule has 0 heterocycles. The first-order valence-corrected chi connectivity index (χ1v) is 6.33. The minimum absolute atomic E-state index is 0.0782. The number of carbonyl (C=O) groups is 1. The lowest BCUT2D eigenvalue weighted by molar-refractivity contribution is -0.115. The summed E-state index contributed by atoms with van der Waals surface area (Å²) >= 11 is 5.80. The second kappa shape index (κ2) is 5.76. The number of carbonyl (C=O) groups excluding carboxylic acids is 1. The van der Waals surface area contributed by atoms with Crippen molar-refractivity contribution in [1.82, 2.24) is 0 Å². The van der Waals surface area contributed by atoms with Crippen LogP contribution in [0.25, 0.3) is 0 Å². The van der Waals surface area contributed by atoms with E-state index in [9.17, 15) is 4.79 Å². The van der Waals surface area contributed by atoms with Gasteiger partial charge >= 0.3 is 0 Å². The van der Waals surface area contributed by atoms with E-state index in [1.807, 2.05) is 31.2 Å². The summed E-state index contributed by atoms with van der Waals surface area (Å²) in [6.45, 7) is 1.93. The lowest BCUT2D eigenvalue weighted by atomic mass is 10.1. The molecule has 0 aromatic heterocycles. The second-order valence-corrected chi connectivity index (χ2v) is 4.86. The van der Waals surface area contributed by atoms with E-state index < -0.39 is 0 Å². The van der Waals surface area contributed by atoms with Crippen LogP contribution in [0, 0.1) is 6.92 Å². The number of hydrogen-bond donors (Lipinski definition) is 2. The first kappa shape index (κ1) is 13.4. The van der Waals surface area contributed by atoms with Gasteiger partial charge in [-0.2, -0.15) is 0 Å². The molecule has 0 atom stereocenters. The summed E-state index contributed by atoms with van der Waals surface area (Å²) in [5.41, 5.74) is 9.10. The fraction of sp³-hybridized carbons (Fsp3) is 0.133. The van der Waals surface area contributed by atoms with Gasteiger partial charge in [-0.25, -0.2) is 0 Å². The zero-order valence-electron chi connectivity index (χ0n) is 10.6. The molecule has 0 fully saturated rings. The van der Waals surface area contributed by atoms with Gasteiger partial charge in [-0.1, -0.05) is 29.8 Å². The standard InChI is InChI=1S/C15H15ClN2O/c1-10-2-7-13(9-14(10)17)18-15(19)8-11-3-5-12(16)6-4-11/h2-7,9H,8,17H2,1H3,(H,18,19). The maximum atomic E-state index is 11.9. The number of rotatable bonds is 3. The van der Waals surface area contributed by atoms with Gasteiger partial charge in [0.2, 0.25) is 5.91 Å². The van der Waals surface area contributed by atoms with E-state index in [0.29, 0.717) is 22.8 Å². The number of nitrogens with two attached hydrogens (primary N) is 1. The summed E-state index contributed by atoms with van der Waals surface area (Å²) in [7, 11) is 0. The van der Waals surface area contributed by atoms with Crippen molar-refractivity contribution in [3.05, 3.63) is 58.6 Å². The molecular weight excluding hydrogens is 260 g/mol. The number of anilines is 2. The van der Waals surface area contributed by atoms with Crippen molar-refractivity contribution in [3.63, 3.8) is 0 Å². The third-order valence-corrected chi connectivity index (χ3v) is 3.09. The Balaban J connectivity index is 2.01. The topological polar surface area (TPSA) is 55.1 Å². The Morgan fingerprint density at radius 2 is 1.89 bits per heavy atom. The molecular formula is C15H15ClN2O. The van der Waals surface area contributed by atoms with Crippen molar-refractivity contribution < 1.29 is 4.79 Å². The van der Waals surface area contributed by atoms with Crippen LogP contribution < -0.4 is 11.1 Å². The van der Waals surface area contributed by atoms with Gasteiger partial charge in [0.1, 0.15) is 0 Å². The fourth-order valence-electron chi connectivity index (χ4n) is 1.71. The molecule has 0 saturated carbocycles. The highest BCUT2D eigenvalue weighted by Gasteiger charge is 2.05. The number of aryl methyl sites for hydroxylation is 1. The fourth-order valence-corrected chi connectivity index (χ4v) is 1.84. The number of hydrogen-bond acceptors (Lipinski definition) is 2. The van der Waals surface area contributed by atoms with Gasteiger partial charge in [0.05, 0.1) is 6.42 Å². The molecule has 4 heteroatoms. The van der Waals surface area contributed by atoms with Gasteiger partial charge < -0.3 is 11.1 Å². The lowest BCUT2D eigenvalue weighted by Gasteiger charge is -2.07. The van der Waals surface area contributed by atoms with Crippen LogP contribution in [0.4, 0.5) is 11.4 Å². The maximum Gasteiger partial charge on any atom is 0.228 e. The van der Waals surface area contributed by atoms with E-state index in [2.05, 4.69) is 5.32 Å². The molecule has 0 spiro atoms. The van der Waals surface area contributed by atoms with E-state index in [-0.39, 0.29) is 5.91 Å². The summed E-state index contributed by atoms with van der Waals surface area (Å²) in [6, 6.07) is 12.7. The molecule has 3 nitrogen and oxygen atoms in total. The van der Waals surface area contributed by atoms with Gasteiger partial charge in [0.25, 0.3) is 0 Å². The van der Waals surface area contributed by atoms with E-state index in [0.717, 1.165) is 11.1 Å². The molecule has 3 N–H and O–H groups in total. The van der Waals surface area contributed by atoms with E-state index in [1.165, 1.54) is 0 Å². The highest BCUT2D eigenvalue weighted by molar-refractivity contribution is 6.30. The molecule has 98 valence electrons. The van der Waals surface area contributed by atoms with Gasteiger partial charge in [0.15, 0.2) is 0 Å². The van der Waals surface area contributed by atoms with Crippen molar-refractivity contribution in [3.8, 4) is 0 Å². The third-order valence-electron chi connectivity index (χ3n) is 2.84. The number of benzene rings is 2. The predicted molar refractivity (Wildman–Crippen MR) is 79.4 cm³/mol. The summed E-state index contributed by atoms with van der Waals surface area (Å²) in [4.78, 5) is 11.9. The maximum absolute atomic E-state index is 11.9. The molecule has 19 heavy (non-hydrogen) atoms. The average Bonchev–Trinajstić information content (AvgIpc) is 2.37. The highest BCUT2D eigenvalue weighted by Crippen LogP contribution is 2.17. The molecule has 0 unspecified atom stereocenters. The second-order valence-electron chi connectivity index (χ2n) is 4.42. The largest absolute Gasteiger partial charge is 0.398 e. The molecule has 0 radical (unpaired) electrons. The van der Waals surface area contributed by atoms with Crippen LogP contribution >= 0.6 is 11.6 Å². The van der Waals surface area contributed by atoms with Crippen LogP contribution in [0.3, 0.4) is 0 Å². The Hall–Kier alpha value is -2.00. The van der Waals surface area contributed by atoms with Crippen LogP contribution in [0.15, 0.2) is 42.5 Å². The number of nitrogens with one attached hydrogen (secondary N) is 1. The summed E-state index contributed by atoms with van der Waals surface area (Å²) < 4.78 is 0. The van der Waals surface area contributed by atoms with E-state index in [4.69, 9.17) is 17.3 Å². The van der Waals surface area contributed by atoms with E-state index >= 15 is 0 Å². The minimum Gasteiger partial charge on any atom is -0.398 e. The third kappa shape index (κ3) is 3.73. The lowest BCUT2D eigenvalue weighted by Crippen LogP contribution is -2.14. The Labute approximate surface area is 117 Å². The van der Waals surface area contributed by atoms with Gasteiger partial charge in [0, 0.05) is 16.4 Å². The quantitative estimate of drug-likeness (QED) is 0.843. The van der Waals surface area contributed by atoms with Crippen molar-refractivity contribution in [1.29, 1.82) is 0 Å². The van der Waals surface area contributed by atoms with Crippen LogP contribution in [0.5, 0.6) is 0 Å². The first-order chi connectivity index (χ1) is 9.04. The zero-order chi connectivity index (χ0) is 13.8. The average molecular weight is 275 g/mol. The molecule has 0 aliphatic heterocycles. The Bertz CT molecular complexity index is 594. The minimum atomic E-state index is -0.0782. The van der Waals surface area contributed by atoms with Crippen LogP contribution in [0.2, 0.25) is 5.02 Å². The van der Waals surface area contributed by atoms with Crippen molar-refractivity contribution in [2.75, 3.05) is 11.1 Å². The van der Waals surface area contributed by atoms with Gasteiger partial charge in [-0.05, 0) is 42.3 Å². The number of halogens is 1. The highest BCUT2D eigenvalue weighted by atomic mass is 35.5. The smallest absolute Gasteiger partial charge is 0.228 e. The Kier molecular flexibility index (Phi) is 4.07. The van der Waals surface area contributed by atoms with E-state index in [1.54, 1.807) is 18.2 Å². The molecule has 0 aliphatic rings. The van der Waals surface area contributed by atoms with Crippen molar-refractivity contribution in [2.24, 2.45) is 0 Å². The summed E-state index contributed by atoms with van der Waals surface area (Å²) in [5, 5.41) is 3.48. The van der Waals surface area contributed by atoms with Gasteiger partial charge in [-0.15, -0.1) is 0 Å². The Morgan fingerprint density at radius 3 is 2.53 bits per heavy atom. The Morgan fingerprint density at radius 1 is 1.21 bits per heavy atom. The van der Waals surface area contributed by atoms with Crippen LogP contribution in [0.1, 0.15) is 11.1 Å². The number of amides is 1. The monoisotopic (exact) mass is 274 g/mol. The van der Waals surface area contributed by atoms with Crippen molar-refractivity contribution in [2.45, 2.75) is 13.3 Å². The molecule has 2 aromatic rings. The van der Waals surface area contributed by atoms with Gasteiger partial charge in [-0.3, -0.25) is 4.79 Å².